The lowest BCUT2D eigenvalue weighted by Crippen LogP contribution is -2.33. The molecule has 0 saturated carbocycles. The molecule has 0 aliphatic carbocycles. The summed E-state index contributed by atoms with van der Waals surface area (Å²) in [5.74, 6) is 0.352. The predicted octanol–water partition coefficient (Wildman–Crippen LogP) is 2.76. The number of benzene rings is 1. The average Bonchev–Trinajstić information content (AvgIpc) is 2.95. The molecule has 0 radical (unpaired) electrons. The molecular formula is C18H23F2N3O3S. The van der Waals surface area contributed by atoms with Crippen LogP contribution < -0.4 is 15.1 Å². The molecule has 6 nitrogen and oxygen atoms in total. The van der Waals surface area contributed by atoms with Crippen LogP contribution in [0.5, 0.6) is 0 Å². The highest BCUT2D eigenvalue weighted by Gasteiger charge is 2.33. The number of rotatable bonds is 4. The van der Waals surface area contributed by atoms with Crippen LogP contribution in [0.3, 0.4) is 0 Å². The fraction of sp³-hybridized carbons (Fsp3) is 0.556. The molecule has 1 aromatic carbocycles. The SMILES string of the molecule is CC(=O)NC[C@H]1CN(c2cc(F)c(N3CCCSCCC3)c(F)c2)C(=O)O1. The van der Waals surface area contributed by atoms with E-state index in [1.54, 1.807) is 4.90 Å². The Bertz CT molecular complexity index is 688. The number of amides is 2. The number of ether oxygens (including phenoxy) is 1. The summed E-state index contributed by atoms with van der Waals surface area (Å²) in [5, 5.41) is 2.57. The Kier molecular flexibility index (Phi) is 6.41. The van der Waals surface area contributed by atoms with Gasteiger partial charge < -0.3 is 15.0 Å². The van der Waals surface area contributed by atoms with Crippen LogP contribution >= 0.6 is 11.8 Å². The number of hydrogen-bond donors (Lipinski definition) is 1. The first-order chi connectivity index (χ1) is 13.0. The molecule has 3 rings (SSSR count). The van der Waals surface area contributed by atoms with Crippen molar-refractivity contribution in [1.82, 2.24) is 5.32 Å². The summed E-state index contributed by atoms with van der Waals surface area (Å²) in [7, 11) is 0. The van der Waals surface area contributed by atoms with E-state index in [1.165, 1.54) is 24.0 Å². The lowest BCUT2D eigenvalue weighted by molar-refractivity contribution is -0.119. The number of cyclic esters (lactones) is 1. The minimum atomic E-state index is -0.684. The van der Waals surface area contributed by atoms with Crippen LogP contribution in [-0.4, -0.2) is 55.8 Å². The molecular weight excluding hydrogens is 376 g/mol. The third-order valence-electron chi connectivity index (χ3n) is 4.52. The van der Waals surface area contributed by atoms with Crippen molar-refractivity contribution in [1.29, 1.82) is 0 Å². The second kappa shape index (κ2) is 8.77. The van der Waals surface area contributed by atoms with E-state index in [0.717, 1.165) is 24.3 Å². The first kappa shape index (κ1) is 19.7. The lowest BCUT2D eigenvalue weighted by Gasteiger charge is -2.28. The highest BCUT2D eigenvalue weighted by atomic mass is 32.2. The number of nitrogens with zero attached hydrogens (tertiary/aromatic N) is 2. The molecule has 0 spiro atoms. The Morgan fingerprint density at radius 3 is 2.48 bits per heavy atom. The molecule has 2 aliphatic rings. The van der Waals surface area contributed by atoms with Crippen LogP contribution in [0.2, 0.25) is 0 Å². The highest BCUT2D eigenvalue weighted by Crippen LogP contribution is 2.31. The molecule has 2 aliphatic heterocycles. The number of hydrogen-bond acceptors (Lipinski definition) is 5. The van der Waals surface area contributed by atoms with Crippen LogP contribution in [0.15, 0.2) is 12.1 Å². The van der Waals surface area contributed by atoms with E-state index in [9.17, 15) is 18.4 Å². The fourth-order valence-corrected chi connectivity index (χ4v) is 4.13. The van der Waals surface area contributed by atoms with Crippen LogP contribution in [0.4, 0.5) is 25.0 Å². The first-order valence-corrected chi connectivity index (χ1v) is 10.2. The summed E-state index contributed by atoms with van der Waals surface area (Å²) in [4.78, 5) is 26.0. The molecule has 0 aromatic heterocycles. The molecule has 2 heterocycles. The molecule has 2 fully saturated rings. The van der Waals surface area contributed by atoms with Crippen molar-refractivity contribution in [3.8, 4) is 0 Å². The molecule has 1 aromatic rings. The van der Waals surface area contributed by atoms with Crippen molar-refractivity contribution >= 4 is 35.1 Å². The van der Waals surface area contributed by atoms with Crippen molar-refractivity contribution in [2.24, 2.45) is 0 Å². The zero-order valence-electron chi connectivity index (χ0n) is 15.2. The Morgan fingerprint density at radius 1 is 1.26 bits per heavy atom. The predicted molar refractivity (Wildman–Crippen MR) is 101 cm³/mol. The highest BCUT2D eigenvalue weighted by molar-refractivity contribution is 7.99. The first-order valence-electron chi connectivity index (χ1n) is 9.00. The third-order valence-corrected chi connectivity index (χ3v) is 5.67. The minimum Gasteiger partial charge on any atom is -0.442 e. The second-order valence-electron chi connectivity index (χ2n) is 6.62. The number of thioether (sulfide) groups is 1. The van der Waals surface area contributed by atoms with Gasteiger partial charge in [0.1, 0.15) is 11.8 Å². The summed E-state index contributed by atoms with van der Waals surface area (Å²) in [5.41, 5.74) is 0.0830. The zero-order valence-corrected chi connectivity index (χ0v) is 16.0. The quantitative estimate of drug-likeness (QED) is 0.844. The van der Waals surface area contributed by atoms with Gasteiger partial charge in [0.15, 0.2) is 11.6 Å². The van der Waals surface area contributed by atoms with Crippen LogP contribution in [0, 0.1) is 11.6 Å². The largest absolute Gasteiger partial charge is 0.442 e. The summed E-state index contributed by atoms with van der Waals surface area (Å²) in [6, 6.07) is 2.35. The van der Waals surface area contributed by atoms with Gasteiger partial charge in [0.2, 0.25) is 5.91 Å². The van der Waals surface area contributed by atoms with E-state index in [2.05, 4.69) is 5.32 Å². The number of nitrogens with one attached hydrogen (secondary N) is 1. The summed E-state index contributed by atoms with van der Waals surface area (Å²) in [6.45, 7) is 2.85. The van der Waals surface area contributed by atoms with E-state index in [0.29, 0.717) is 13.1 Å². The maximum absolute atomic E-state index is 14.7. The van der Waals surface area contributed by atoms with Gasteiger partial charge in [-0.15, -0.1) is 0 Å². The smallest absolute Gasteiger partial charge is 0.414 e. The second-order valence-corrected chi connectivity index (χ2v) is 7.84. The third kappa shape index (κ3) is 4.82. The molecule has 0 unspecified atom stereocenters. The number of halogens is 2. The Hall–Kier alpha value is -2.03. The van der Waals surface area contributed by atoms with Crippen molar-refractivity contribution < 1.29 is 23.1 Å². The van der Waals surface area contributed by atoms with Gasteiger partial charge in [-0.25, -0.2) is 13.6 Å². The van der Waals surface area contributed by atoms with E-state index in [-0.39, 0.29) is 30.4 Å². The van der Waals surface area contributed by atoms with Gasteiger partial charge in [-0.2, -0.15) is 11.8 Å². The van der Waals surface area contributed by atoms with E-state index in [1.807, 2.05) is 11.8 Å². The molecule has 9 heteroatoms. The van der Waals surface area contributed by atoms with Gasteiger partial charge in [0.25, 0.3) is 0 Å². The Morgan fingerprint density at radius 2 is 1.89 bits per heavy atom. The lowest BCUT2D eigenvalue weighted by atomic mass is 10.2. The molecule has 0 bridgehead atoms. The number of carbonyl (C=O) groups excluding carboxylic acids is 2. The number of anilines is 2. The van der Waals surface area contributed by atoms with Gasteiger partial charge in [-0.3, -0.25) is 9.69 Å². The van der Waals surface area contributed by atoms with Crippen molar-refractivity contribution in [2.75, 3.05) is 47.5 Å². The molecule has 2 saturated heterocycles. The Labute approximate surface area is 161 Å². The summed E-state index contributed by atoms with van der Waals surface area (Å²) >= 11 is 1.86. The zero-order chi connectivity index (χ0) is 19.4. The maximum atomic E-state index is 14.7. The minimum absolute atomic E-state index is 0.0342. The van der Waals surface area contributed by atoms with E-state index >= 15 is 0 Å². The van der Waals surface area contributed by atoms with Crippen LogP contribution in [0.1, 0.15) is 19.8 Å². The van der Waals surface area contributed by atoms with Gasteiger partial charge in [0, 0.05) is 32.1 Å². The molecule has 148 valence electrons. The van der Waals surface area contributed by atoms with Gasteiger partial charge in [-0.05, 0) is 24.3 Å². The summed E-state index contributed by atoms with van der Waals surface area (Å²) in [6.07, 6.45) is 0.502. The standard InChI is InChI=1S/C18H23F2N3O3S/c1-12(24)21-10-14-11-23(18(25)26-14)13-8-15(19)17(16(20)9-13)22-4-2-6-27-7-3-5-22/h8-9,14H,2-7,10-11H2,1H3,(H,21,24)/t14-/m0/s1. The molecule has 27 heavy (non-hydrogen) atoms. The van der Waals surface area contributed by atoms with Crippen molar-refractivity contribution in [2.45, 2.75) is 25.9 Å². The topological polar surface area (TPSA) is 61.9 Å². The maximum Gasteiger partial charge on any atom is 0.414 e. The van der Waals surface area contributed by atoms with Crippen molar-refractivity contribution in [3.05, 3.63) is 23.8 Å². The molecule has 2 amide bonds. The monoisotopic (exact) mass is 399 g/mol. The van der Waals surface area contributed by atoms with Gasteiger partial charge in [0.05, 0.1) is 18.8 Å². The average molecular weight is 399 g/mol. The van der Waals surface area contributed by atoms with Crippen molar-refractivity contribution in [3.63, 3.8) is 0 Å². The van der Waals surface area contributed by atoms with Gasteiger partial charge in [-0.1, -0.05) is 0 Å². The molecule has 1 atom stereocenters. The van der Waals surface area contributed by atoms with E-state index in [4.69, 9.17) is 4.74 Å². The van der Waals surface area contributed by atoms with E-state index < -0.39 is 23.8 Å². The fourth-order valence-electron chi connectivity index (χ4n) is 3.26. The molecule has 1 N–H and O–H groups in total. The van der Waals surface area contributed by atoms with Crippen LogP contribution in [0.25, 0.3) is 0 Å². The van der Waals surface area contributed by atoms with Crippen LogP contribution in [-0.2, 0) is 9.53 Å². The van der Waals surface area contributed by atoms with Gasteiger partial charge >= 0.3 is 6.09 Å². The summed E-state index contributed by atoms with van der Waals surface area (Å²) < 4.78 is 34.6. The normalized spacial score (nSPS) is 20.9. The Balaban J connectivity index is 1.76. The number of carbonyl (C=O) groups is 2.